The van der Waals surface area contributed by atoms with Crippen LogP contribution in [-0.2, 0) is 9.53 Å². The Bertz CT molecular complexity index is 194. The summed E-state index contributed by atoms with van der Waals surface area (Å²) in [6.07, 6.45) is 2.54. The maximum atomic E-state index is 11.4. The van der Waals surface area contributed by atoms with Gasteiger partial charge in [-0.2, -0.15) is 0 Å². The molecule has 1 amide bonds. The van der Waals surface area contributed by atoms with E-state index in [1.807, 2.05) is 11.9 Å². The fraction of sp³-hybridized carbons (Fsp3) is 0.889. The van der Waals surface area contributed by atoms with Gasteiger partial charge in [-0.15, -0.1) is 0 Å². The standard InChI is InChI=1S/C9H19N3O2/c1-12(5-7-3-4-7)8(6-14-2)9(13)11-10/h7-8H,3-6,10H2,1-2H3,(H,11,13). The molecule has 14 heavy (non-hydrogen) atoms. The first-order valence-corrected chi connectivity index (χ1v) is 4.88. The molecule has 1 fully saturated rings. The van der Waals surface area contributed by atoms with E-state index in [0.29, 0.717) is 6.61 Å². The first-order valence-electron chi connectivity index (χ1n) is 4.88. The van der Waals surface area contributed by atoms with Crippen molar-refractivity contribution in [3.05, 3.63) is 0 Å². The largest absolute Gasteiger partial charge is 0.383 e. The van der Waals surface area contributed by atoms with Gasteiger partial charge in [-0.1, -0.05) is 0 Å². The number of rotatable bonds is 6. The van der Waals surface area contributed by atoms with Crippen molar-refractivity contribution in [2.75, 3.05) is 27.3 Å². The van der Waals surface area contributed by atoms with Crippen LogP contribution < -0.4 is 11.3 Å². The quantitative estimate of drug-likeness (QED) is 0.340. The van der Waals surface area contributed by atoms with Gasteiger partial charge in [-0.05, 0) is 25.8 Å². The Balaban J connectivity index is 2.41. The Morgan fingerprint density at radius 2 is 2.36 bits per heavy atom. The second-order valence-electron chi connectivity index (χ2n) is 3.86. The van der Waals surface area contributed by atoms with Gasteiger partial charge in [0, 0.05) is 13.7 Å². The van der Waals surface area contributed by atoms with E-state index in [-0.39, 0.29) is 11.9 Å². The number of carbonyl (C=O) groups excluding carboxylic acids is 1. The predicted octanol–water partition coefficient (Wildman–Crippen LogP) is -0.667. The van der Waals surface area contributed by atoms with Gasteiger partial charge in [0.25, 0.3) is 5.91 Å². The molecular formula is C9H19N3O2. The van der Waals surface area contributed by atoms with Crippen molar-refractivity contribution in [3.63, 3.8) is 0 Å². The third-order valence-electron chi connectivity index (χ3n) is 2.54. The van der Waals surface area contributed by atoms with Crippen LogP contribution >= 0.6 is 0 Å². The average Bonchev–Trinajstić information content (AvgIpc) is 2.96. The molecule has 0 aromatic carbocycles. The van der Waals surface area contributed by atoms with Crippen LogP contribution in [0.1, 0.15) is 12.8 Å². The highest BCUT2D eigenvalue weighted by Crippen LogP contribution is 2.29. The highest BCUT2D eigenvalue weighted by molar-refractivity contribution is 5.81. The smallest absolute Gasteiger partial charge is 0.253 e. The van der Waals surface area contributed by atoms with Gasteiger partial charge < -0.3 is 4.74 Å². The Hall–Kier alpha value is -0.650. The number of nitrogens with two attached hydrogens (primary N) is 1. The van der Waals surface area contributed by atoms with Gasteiger partial charge >= 0.3 is 0 Å². The lowest BCUT2D eigenvalue weighted by Crippen LogP contribution is -2.50. The van der Waals surface area contributed by atoms with Crippen LogP contribution in [0.4, 0.5) is 0 Å². The molecule has 0 aliphatic heterocycles. The number of carbonyl (C=O) groups is 1. The number of amides is 1. The van der Waals surface area contributed by atoms with Crippen molar-refractivity contribution < 1.29 is 9.53 Å². The molecule has 1 unspecified atom stereocenters. The summed E-state index contributed by atoms with van der Waals surface area (Å²) in [7, 11) is 3.51. The van der Waals surface area contributed by atoms with Gasteiger partial charge in [-0.25, -0.2) is 5.84 Å². The predicted molar refractivity (Wildman–Crippen MR) is 53.3 cm³/mol. The van der Waals surface area contributed by atoms with Gasteiger partial charge in [-0.3, -0.25) is 15.1 Å². The van der Waals surface area contributed by atoms with E-state index in [9.17, 15) is 4.79 Å². The third-order valence-corrected chi connectivity index (χ3v) is 2.54. The Labute approximate surface area is 84.5 Å². The second kappa shape index (κ2) is 5.29. The van der Waals surface area contributed by atoms with E-state index < -0.39 is 0 Å². The topological polar surface area (TPSA) is 67.6 Å². The molecule has 1 aliphatic rings. The number of ether oxygens (including phenoxy) is 1. The number of hydrazine groups is 1. The highest BCUT2D eigenvalue weighted by Gasteiger charge is 2.29. The number of nitrogens with one attached hydrogen (secondary N) is 1. The minimum atomic E-state index is -0.273. The molecule has 0 aromatic heterocycles. The molecule has 0 bridgehead atoms. The molecule has 3 N–H and O–H groups in total. The minimum absolute atomic E-state index is 0.185. The van der Waals surface area contributed by atoms with Gasteiger partial charge in [0.2, 0.25) is 0 Å². The number of nitrogens with zero attached hydrogens (tertiary/aromatic N) is 1. The summed E-state index contributed by atoms with van der Waals surface area (Å²) in [6.45, 7) is 1.33. The van der Waals surface area contributed by atoms with Crippen molar-refractivity contribution in [1.82, 2.24) is 10.3 Å². The first-order chi connectivity index (χ1) is 6.69. The van der Waals surface area contributed by atoms with Crippen molar-refractivity contribution in [3.8, 4) is 0 Å². The van der Waals surface area contributed by atoms with E-state index in [2.05, 4.69) is 5.43 Å². The van der Waals surface area contributed by atoms with E-state index in [1.165, 1.54) is 12.8 Å². The van der Waals surface area contributed by atoms with E-state index >= 15 is 0 Å². The van der Waals surface area contributed by atoms with Crippen LogP contribution in [0, 0.1) is 5.92 Å². The van der Waals surface area contributed by atoms with Crippen molar-refractivity contribution >= 4 is 5.91 Å². The summed E-state index contributed by atoms with van der Waals surface area (Å²) in [5, 5.41) is 0. The maximum Gasteiger partial charge on any atom is 0.253 e. The van der Waals surface area contributed by atoms with Crippen molar-refractivity contribution in [1.29, 1.82) is 0 Å². The summed E-state index contributed by atoms with van der Waals surface area (Å²) in [4.78, 5) is 13.4. The Morgan fingerprint density at radius 1 is 1.71 bits per heavy atom. The number of likely N-dealkylation sites (N-methyl/N-ethyl adjacent to an activating group) is 1. The van der Waals surface area contributed by atoms with Crippen LogP contribution in [0.15, 0.2) is 0 Å². The zero-order valence-corrected chi connectivity index (χ0v) is 8.82. The second-order valence-corrected chi connectivity index (χ2v) is 3.86. The van der Waals surface area contributed by atoms with Crippen LogP contribution in [0.5, 0.6) is 0 Å². The first kappa shape index (κ1) is 11.4. The fourth-order valence-electron chi connectivity index (χ4n) is 1.49. The SMILES string of the molecule is COCC(C(=O)NN)N(C)CC1CC1. The summed E-state index contributed by atoms with van der Waals surface area (Å²) < 4.78 is 4.99. The van der Waals surface area contributed by atoms with Crippen LogP contribution in [0.25, 0.3) is 0 Å². The van der Waals surface area contributed by atoms with Crippen molar-refractivity contribution in [2.45, 2.75) is 18.9 Å². The molecule has 0 spiro atoms. The van der Waals surface area contributed by atoms with E-state index in [0.717, 1.165) is 12.5 Å². The molecule has 1 aliphatic carbocycles. The third kappa shape index (κ3) is 3.25. The molecule has 0 saturated heterocycles. The molecule has 5 heteroatoms. The minimum Gasteiger partial charge on any atom is -0.383 e. The Morgan fingerprint density at radius 3 is 2.79 bits per heavy atom. The number of hydrogen-bond donors (Lipinski definition) is 2. The average molecular weight is 201 g/mol. The van der Waals surface area contributed by atoms with Gasteiger partial charge in [0.05, 0.1) is 6.61 Å². The highest BCUT2D eigenvalue weighted by atomic mass is 16.5. The van der Waals surface area contributed by atoms with Gasteiger partial charge in [0.15, 0.2) is 0 Å². The zero-order valence-electron chi connectivity index (χ0n) is 8.82. The molecule has 1 rings (SSSR count). The van der Waals surface area contributed by atoms with Crippen LogP contribution in [0.2, 0.25) is 0 Å². The molecule has 0 radical (unpaired) electrons. The summed E-state index contributed by atoms with van der Waals surface area (Å²) in [5.41, 5.74) is 2.16. The molecule has 0 heterocycles. The molecular weight excluding hydrogens is 182 g/mol. The lowest BCUT2D eigenvalue weighted by molar-refractivity contribution is -0.127. The van der Waals surface area contributed by atoms with E-state index in [1.54, 1.807) is 7.11 Å². The summed E-state index contributed by atoms with van der Waals surface area (Å²) in [6, 6.07) is -0.273. The molecule has 1 atom stereocenters. The normalized spacial score (nSPS) is 18.3. The lowest BCUT2D eigenvalue weighted by Gasteiger charge is -2.25. The zero-order chi connectivity index (χ0) is 10.6. The van der Waals surface area contributed by atoms with Crippen molar-refractivity contribution in [2.24, 2.45) is 11.8 Å². The number of methoxy groups -OCH3 is 1. The number of hydrogen-bond acceptors (Lipinski definition) is 4. The Kier molecular flexibility index (Phi) is 4.31. The lowest BCUT2D eigenvalue weighted by atomic mass is 10.2. The van der Waals surface area contributed by atoms with Gasteiger partial charge in [0.1, 0.15) is 6.04 Å². The molecule has 1 saturated carbocycles. The molecule has 5 nitrogen and oxygen atoms in total. The summed E-state index contributed by atoms with van der Waals surface area (Å²) in [5.74, 6) is 5.68. The molecule has 82 valence electrons. The van der Waals surface area contributed by atoms with E-state index in [4.69, 9.17) is 10.6 Å². The maximum absolute atomic E-state index is 11.4. The van der Waals surface area contributed by atoms with Crippen LogP contribution in [-0.4, -0.2) is 44.2 Å². The van der Waals surface area contributed by atoms with Crippen LogP contribution in [0.3, 0.4) is 0 Å². The fourth-order valence-corrected chi connectivity index (χ4v) is 1.49. The monoisotopic (exact) mass is 201 g/mol. The summed E-state index contributed by atoms with van der Waals surface area (Å²) >= 11 is 0. The molecule has 0 aromatic rings.